The fraction of sp³-hybridized carbons (Fsp3) is 0.481. The first-order valence-corrected chi connectivity index (χ1v) is 13.4. The van der Waals surface area contributed by atoms with Gasteiger partial charge in [0.15, 0.2) is 17.1 Å². The topological polar surface area (TPSA) is 194 Å². The lowest BCUT2D eigenvalue weighted by Gasteiger charge is -2.50. The number of fused-ring (bicyclic) bond motifs is 3. The summed E-state index contributed by atoms with van der Waals surface area (Å²) in [4.78, 5) is 55.2. The standard InChI is InChI=1S/C27H31ClN4O8.2ClH/c1-31(2)20-13-8-11-7-12-9-14(28)19(30-15(33)10-32-5-3-4-6-32)22(35)16(12)21(34)17(11)24(37)27(13,40)25(38)18(23(20)36)26(29)39;;/h9,11,13,20,34-35,38,40H,3-8,10H2,1-2H3,(H2,29,39)(H,30,33);2*1H/t11?,13?,20-,27-;;/m0../s1. The lowest BCUT2D eigenvalue weighted by atomic mass is 9.57. The highest BCUT2D eigenvalue weighted by atomic mass is 35.5. The number of aliphatic hydroxyl groups excluding tert-OH is 2. The highest BCUT2D eigenvalue weighted by Gasteiger charge is 2.64. The monoisotopic (exact) mass is 646 g/mol. The Bertz CT molecular complexity index is 1420. The van der Waals surface area contributed by atoms with Gasteiger partial charge in [0, 0.05) is 11.5 Å². The van der Waals surface area contributed by atoms with E-state index in [0.29, 0.717) is 5.56 Å². The van der Waals surface area contributed by atoms with E-state index in [1.165, 1.54) is 25.1 Å². The molecule has 0 bridgehead atoms. The fourth-order valence-electron chi connectivity index (χ4n) is 6.71. The number of nitrogens with two attached hydrogens (primary N) is 1. The molecule has 1 heterocycles. The summed E-state index contributed by atoms with van der Waals surface area (Å²) >= 11 is 6.43. The highest BCUT2D eigenvalue weighted by Crippen LogP contribution is 2.54. The van der Waals surface area contributed by atoms with Crippen LogP contribution in [-0.2, 0) is 25.6 Å². The Morgan fingerprint density at radius 2 is 1.79 bits per heavy atom. The molecule has 0 spiro atoms. The maximum absolute atomic E-state index is 13.9. The van der Waals surface area contributed by atoms with Gasteiger partial charge < -0.3 is 31.5 Å². The molecule has 42 heavy (non-hydrogen) atoms. The second-order valence-electron chi connectivity index (χ2n) is 11.1. The summed E-state index contributed by atoms with van der Waals surface area (Å²) in [5.41, 5.74) is 1.58. The van der Waals surface area contributed by atoms with E-state index in [-0.39, 0.29) is 66.0 Å². The van der Waals surface area contributed by atoms with Crippen LogP contribution in [0.1, 0.15) is 30.4 Å². The first-order chi connectivity index (χ1) is 18.8. The van der Waals surface area contributed by atoms with E-state index < -0.39 is 69.7 Å². The molecular weight excluding hydrogens is 615 g/mol. The number of primary amides is 1. The number of likely N-dealkylation sites (tertiary alicyclic amines) is 1. The van der Waals surface area contributed by atoms with Crippen molar-refractivity contribution in [1.29, 1.82) is 0 Å². The molecule has 12 nitrogen and oxygen atoms in total. The molecule has 2 amide bonds. The Morgan fingerprint density at radius 3 is 2.36 bits per heavy atom. The van der Waals surface area contributed by atoms with E-state index >= 15 is 0 Å². The lowest BCUT2D eigenvalue weighted by Crippen LogP contribution is -2.65. The van der Waals surface area contributed by atoms with Gasteiger partial charge in [-0.3, -0.25) is 29.0 Å². The second-order valence-corrected chi connectivity index (χ2v) is 11.5. The highest BCUT2D eigenvalue weighted by molar-refractivity contribution is 6.34. The Labute approximate surface area is 259 Å². The van der Waals surface area contributed by atoms with Gasteiger partial charge in [0.05, 0.1) is 23.2 Å². The largest absolute Gasteiger partial charge is 0.508 e. The van der Waals surface area contributed by atoms with Gasteiger partial charge in [0.1, 0.15) is 22.8 Å². The smallest absolute Gasteiger partial charge is 0.255 e. The van der Waals surface area contributed by atoms with Gasteiger partial charge >= 0.3 is 0 Å². The van der Waals surface area contributed by atoms with E-state index in [0.717, 1.165) is 25.9 Å². The van der Waals surface area contributed by atoms with Crippen LogP contribution in [0.4, 0.5) is 5.69 Å². The number of carbonyl (C=O) groups is 4. The number of aliphatic hydroxyl groups is 3. The van der Waals surface area contributed by atoms with E-state index in [2.05, 4.69) is 5.32 Å². The molecule has 0 radical (unpaired) electrons. The summed E-state index contributed by atoms with van der Waals surface area (Å²) in [5, 5.41) is 47.7. The number of ketones is 2. The predicted octanol–water partition coefficient (Wildman–Crippen LogP) is 1.50. The molecular formula is C27H33Cl3N4O8. The molecule has 1 aromatic rings. The van der Waals surface area contributed by atoms with Crippen LogP contribution < -0.4 is 11.1 Å². The van der Waals surface area contributed by atoms with Crippen molar-refractivity contribution in [1.82, 2.24) is 9.80 Å². The number of nitrogens with zero attached hydrogens (tertiary/aromatic N) is 2. The minimum atomic E-state index is -2.72. The summed E-state index contributed by atoms with van der Waals surface area (Å²) < 4.78 is 0. The number of benzene rings is 1. The van der Waals surface area contributed by atoms with Gasteiger partial charge in [0.25, 0.3) is 5.91 Å². The minimum Gasteiger partial charge on any atom is -0.508 e. The van der Waals surface area contributed by atoms with E-state index in [1.54, 1.807) is 0 Å². The average molecular weight is 648 g/mol. The zero-order valence-corrected chi connectivity index (χ0v) is 25.2. The van der Waals surface area contributed by atoms with E-state index in [1.807, 2.05) is 4.90 Å². The number of nitrogens with one attached hydrogen (secondary N) is 1. The van der Waals surface area contributed by atoms with Crippen molar-refractivity contribution in [3.05, 3.63) is 39.1 Å². The normalized spacial score (nSPS) is 27.1. The number of phenols is 1. The zero-order valence-electron chi connectivity index (χ0n) is 22.8. The molecule has 230 valence electrons. The number of Topliss-reactive ketones (excluding diaryl/α,β-unsaturated/α-hetero) is 2. The van der Waals surface area contributed by atoms with Crippen molar-refractivity contribution in [3.63, 3.8) is 0 Å². The second kappa shape index (κ2) is 12.0. The third kappa shape index (κ3) is 5.03. The molecule has 1 aromatic carbocycles. The molecule has 2 unspecified atom stereocenters. The molecule has 1 saturated carbocycles. The molecule has 4 aliphatic rings. The van der Waals surface area contributed by atoms with Crippen molar-refractivity contribution in [2.45, 2.75) is 37.3 Å². The van der Waals surface area contributed by atoms with Crippen LogP contribution in [0.15, 0.2) is 23.0 Å². The van der Waals surface area contributed by atoms with Crippen molar-refractivity contribution in [3.8, 4) is 5.75 Å². The molecule has 1 saturated heterocycles. The van der Waals surface area contributed by atoms with E-state index in [4.69, 9.17) is 17.3 Å². The molecule has 4 atom stereocenters. The number of carbonyl (C=O) groups excluding carboxylic acids is 4. The molecule has 1 aliphatic heterocycles. The van der Waals surface area contributed by atoms with Gasteiger partial charge in [-0.15, -0.1) is 24.8 Å². The predicted molar refractivity (Wildman–Crippen MR) is 158 cm³/mol. The van der Waals surface area contributed by atoms with Crippen LogP contribution in [-0.4, -0.2) is 99.0 Å². The van der Waals surface area contributed by atoms with E-state index in [9.17, 15) is 39.6 Å². The van der Waals surface area contributed by atoms with Crippen molar-refractivity contribution < 1.29 is 39.6 Å². The van der Waals surface area contributed by atoms with Crippen molar-refractivity contribution >= 4 is 71.2 Å². The number of aromatic hydroxyl groups is 1. The van der Waals surface area contributed by atoms with Crippen LogP contribution in [0.25, 0.3) is 5.76 Å². The molecule has 3 aliphatic carbocycles. The first-order valence-electron chi connectivity index (χ1n) is 13.0. The number of rotatable bonds is 5. The number of amides is 2. The first kappa shape index (κ1) is 33.6. The Hall–Kier alpha value is -2.87. The Balaban J connectivity index is 0.00000242. The Kier molecular flexibility index (Phi) is 9.62. The zero-order chi connectivity index (χ0) is 29.3. The Morgan fingerprint density at radius 1 is 1.17 bits per heavy atom. The number of hydrogen-bond donors (Lipinski definition) is 6. The maximum atomic E-state index is 13.9. The van der Waals surface area contributed by atoms with Crippen LogP contribution >= 0.6 is 36.4 Å². The molecule has 7 N–H and O–H groups in total. The summed E-state index contributed by atoms with van der Waals surface area (Å²) in [5.74, 6) is -7.88. The van der Waals surface area contributed by atoms with Crippen LogP contribution in [0.3, 0.4) is 0 Å². The average Bonchev–Trinajstić information content (AvgIpc) is 3.36. The number of halogens is 3. The number of anilines is 1. The molecule has 2 fully saturated rings. The van der Waals surface area contributed by atoms with Crippen LogP contribution in [0, 0.1) is 11.8 Å². The van der Waals surface area contributed by atoms with Gasteiger partial charge in [-0.05, 0) is 70.4 Å². The van der Waals surface area contributed by atoms with Gasteiger partial charge in [-0.2, -0.15) is 0 Å². The summed E-state index contributed by atoms with van der Waals surface area (Å²) in [7, 11) is 3.07. The molecule has 15 heteroatoms. The molecule has 5 rings (SSSR count). The maximum Gasteiger partial charge on any atom is 0.255 e. The summed E-state index contributed by atoms with van der Waals surface area (Å²) in [6, 6.07) is 0.320. The molecule has 0 aromatic heterocycles. The van der Waals surface area contributed by atoms with Crippen LogP contribution in [0.5, 0.6) is 5.75 Å². The SMILES string of the molecule is CN(C)[C@@H]1C(=O)C(C(N)=O)=C(O)[C@@]2(O)C(=O)C3=C(O)c4c(cc(Cl)c(NC(=O)CN5CCCC5)c4O)CC3CC12.Cl.Cl. The number of hydrogen-bond acceptors (Lipinski definition) is 10. The summed E-state index contributed by atoms with van der Waals surface area (Å²) in [6.45, 7) is 1.64. The lowest BCUT2D eigenvalue weighted by molar-refractivity contribution is -0.153. The quantitative estimate of drug-likeness (QED) is 0.201. The third-order valence-electron chi connectivity index (χ3n) is 8.49. The van der Waals surface area contributed by atoms with Gasteiger partial charge in [0.2, 0.25) is 11.7 Å². The van der Waals surface area contributed by atoms with Crippen molar-refractivity contribution in [2.24, 2.45) is 17.6 Å². The van der Waals surface area contributed by atoms with Gasteiger partial charge in [-0.1, -0.05) is 11.6 Å². The van der Waals surface area contributed by atoms with Crippen molar-refractivity contribution in [2.75, 3.05) is 39.0 Å². The fourth-order valence-corrected chi connectivity index (χ4v) is 6.97. The summed E-state index contributed by atoms with van der Waals surface area (Å²) in [6.07, 6.45) is 2.04. The van der Waals surface area contributed by atoms with Crippen LogP contribution in [0.2, 0.25) is 5.02 Å². The van der Waals surface area contributed by atoms with Gasteiger partial charge in [-0.25, -0.2) is 0 Å². The number of phenolic OH excluding ortho intramolecular Hbond substituents is 1. The minimum absolute atomic E-state index is 0. The number of likely N-dealkylation sites (N-methyl/N-ethyl adjacent to an activating group) is 1. The third-order valence-corrected chi connectivity index (χ3v) is 8.79.